The second-order valence-electron chi connectivity index (χ2n) is 6.34. The summed E-state index contributed by atoms with van der Waals surface area (Å²) in [6.45, 7) is 10.7. The third kappa shape index (κ3) is 7.52. The normalized spacial score (nSPS) is 20.1. The van der Waals surface area contributed by atoms with Crippen LogP contribution < -0.4 is 10.6 Å². The molecule has 0 amide bonds. The Morgan fingerprint density at radius 1 is 1.26 bits per heavy atom. The molecular weight excluding hydrogens is 401 g/mol. The van der Waals surface area contributed by atoms with Crippen molar-refractivity contribution in [3.05, 3.63) is 35.4 Å². The lowest BCUT2D eigenvalue weighted by atomic mass is 10.1. The molecule has 2 N–H and O–H groups in total. The van der Waals surface area contributed by atoms with Crippen LogP contribution in [0.25, 0.3) is 0 Å². The summed E-state index contributed by atoms with van der Waals surface area (Å²) in [5, 5.41) is 6.78. The van der Waals surface area contributed by atoms with Crippen molar-refractivity contribution in [1.82, 2.24) is 10.6 Å². The van der Waals surface area contributed by atoms with Crippen molar-refractivity contribution in [3.63, 3.8) is 0 Å². The SMILES string of the molecule is CCNC(=NCc1ccc(COC(C)C)cc1)NC1CC1C.I. The predicted molar refractivity (Wildman–Crippen MR) is 107 cm³/mol. The fraction of sp³-hybridized carbons (Fsp3) is 0.611. The van der Waals surface area contributed by atoms with Crippen LogP contribution >= 0.6 is 24.0 Å². The fourth-order valence-electron chi connectivity index (χ4n) is 2.19. The fourth-order valence-corrected chi connectivity index (χ4v) is 2.19. The first-order valence-electron chi connectivity index (χ1n) is 8.32. The Hall–Kier alpha value is -0.820. The number of rotatable bonds is 7. The molecule has 0 radical (unpaired) electrons. The molecule has 5 heteroatoms. The highest BCUT2D eigenvalue weighted by molar-refractivity contribution is 14.0. The Bertz CT molecular complexity index is 488. The number of nitrogens with one attached hydrogen (secondary N) is 2. The van der Waals surface area contributed by atoms with E-state index in [2.05, 4.69) is 67.6 Å². The van der Waals surface area contributed by atoms with Crippen molar-refractivity contribution in [2.75, 3.05) is 6.54 Å². The standard InChI is InChI=1S/C18H29N3O.HI/c1-5-19-18(21-17-10-14(17)4)20-11-15-6-8-16(9-7-15)12-22-13(2)3;/h6-9,13-14,17H,5,10-12H2,1-4H3,(H2,19,20,21);1H. The molecule has 130 valence electrons. The van der Waals surface area contributed by atoms with Gasteiger partial charge in [-0.25, -0.2) is 4.99 Å². The zero-order chi connectivity index (χ0) is 15.9. The lowest BCUT2D eigenvalue weighted by Crippen LogP contribution is -2.39. The third-order valence-corrected chi connectivity index (χ3v) is 3.80. The number of ether oxygens (including phenoxy) is 1. The maximum Gasteiger partial charge on any atom is 0.191 e. The first-order chi connectivity index (χ1) is 10.6. The molecular formula is C18H30IN3O. The first-order valence-corrected chi connectivity index (χ1v) is 8.32. The van der Waals surface area contributed by atoms with E-state index in [-0.39, 0.29) is 30.1 Å². The molecule has 0 saturated heterocycles. The van der Waals surface area contributed by atoms with Crippen LogP contribution in [-0.4, -0.2) is 24.7 Å². The summed E-state index contributed by atoms with van der Waals surface area (Å²) in [6, 6.07) is 9.10. The van der Waals surface area contributed by atoms with E-state index in [1.807, 2.05) is 0 Å². The third-order valence-electron chi connectivity index (χ3n) is 3.80. The molecule has 2 rings (SSSR count). The molecule has 23 heavy (non-hydrogen) atoms. The average molecular weight is 431 g/mol. The van der Waals surface area contributed by atoms with E-state index in [1.165, 1.54) is 17.5 Å². The van der Waals surface area contributed by atoms with Gasteiger partial charge in [0.05, 0.1) is 19.3 Å². The van der Waals surface area contributed by atoms with Gasteiger partial charge in [-0.3, -0.25) is 0 Å². The predicted octanol–water partition coefficient (Wildman–Crippen LogP) is 3.69. The van der Waals surface area contributed by atoms with Gasteiger partial charge in [-0.15, -0.1) is 24.0 Å². The van der Waals surface area contributed by atoms with Crippen LogP contribution in [0.1, 0.15) is 45.2 Å². The Kier molecular flexibility index (Phi) is 8.91. The zero-order valence-corrected chi connectivity index (χ0v) is 17.0. The molecule has 2 unspecified atom stereocenters. The number of nitrogens with zero attached hydrogens (tertiary/aromatic N) is 1. The highest BCUT2D eigenvalue weighted by Crippen LogP contribution is 2.28. The molecule has 0 bridgehead atoms. The Balaban J connectivity index is 0.00000264. The minimum absolute atomic E-state index is 0. The summed E-state index contributed by atoms with van der Waals surface area (Å²) in [6.07, 6.45) is 1.51. The smallest absolute Gasteiger partial charge is 0.191 e. The van der Waals surface area contributed by atoms with E-state index in [0.29, 0.717) is 19.2 Å². The van der Waals surface area contributed by atoms with Gasteiger partial charge in [-0.05, 0) is 44.2 Å². The summed E-state index contributed by atoms with van der Waals surface area (Å²) in [7, 11) is 0. The molecule has 0 spiro atoms. The Labute approximate surface area is 157 Å². The van der Waals surface area contributed by atoms with Crippen molar-refractivity contribution in [1.29, 1.82) is 0 Å². The molecule has 1 saturated carbocycles. The number of halogens is 1. The van der Waals surface area contributed by atoms with Gasteiger partial charge >= 0.3 is 0 Å². The van der Waals surface area contributed by atoms with Crippen molar-refractivity contribution in [2.45, 2.75) is 59.4 Å². The molecule has 4 nitrogen and oxygen atoms in total. The van der Waals surface area contributed by atoms with E-state index >= 15 is 0 Å². The lowest BCUT2D eigenvalue weighted by Gasteiger charge is -2.11. The van der Waals surface area contributed by atoms with Crippen molar-refractivity contribution >= 4 is 29.9 Å². The topological polar surface area (TPSA) is 45.7 Å². The molecule has 0 aliphatic heterocycles. The van der Waals surface area contributed by atoms with Crippen molar-refractivity contribution < 1.29 is 4.74 Å². The van der Waals surface area contributed by atoms with Crippen LogP contribution in [0.3, 0.4) is 0 Å². The number of hydrogen-bond donors (Lipinski definition) is 2. The van der Waals surface area contributed by atoms with Gasteiger partial charge < -0.3 is 15.4 Å². The van der Waals surface area contributed by atoms with Gasteiger partial charge in [0.2, 0.25) is 0 Å². The van der Waals surface area contributed by atoms with E-state index in [9.17, 15) is 0 Å². The van der Waals surface area contributed by atoms with Crippen LogP contribution in [-0.2, 0) is 17.9 Å². The number of hydrogen-bond acceptors (Lipinski definition) is 2. The summed E-state index contributed by atoms with van der Waals surface area (Å²) in [5.74, 6) is 1.69. The van der Waals surface area contributed by atoms with Gasteiger partial charge in [-0.1, -0.05) is 31.2 Å². The molecule has 0 aromatic heterocycles. The Morgan fingerprint density at radius 2 is 1.87 bits per heavy atom. The molecule has 1 aliphatic rings. The second kappa shape index (κ2) is 10.1. The molecule has 0 heterocycles. The van der Waals surface area contributed by atoms with E-state index in [0.717, 1.165) is 18.4 Å². The minimum atomic E-state index is 0. The average Bonchev–Trinajstić information content (AvgIpc) is 3.19. The summed E-state index contributed by atoms with van der Waals surface area (Å²) in [4.78, 5) is 4.67. The molecule has 1 aromatic rings. The van der Waals surface area contributed by atoms with Crippen LogP contribution in [0.15, 0.2) is 29.3 Å². The van der Waals surface area contributed by atoms with E-state index in [1.54, 1.807) is 0 Å². The Morgan fingerprint density at radius 3 is 2.39 bits per heavy atom. The molecule has 2 atom stereocenters. The summed E-state index contributed by atoms with van der Waals surface area (Å²) < 4.78 is 5.61. The van der Waals surface area contributed by atoms with Gasteiger partial charge in [-0.2, -0.15) is 0 Å². The monoisotopic (exact) mass is 431 g/mol. The largest absolute Gasteiger partial charge is 0.374 e. The maximum atomic E-state index is 5.61. The van der Waals surface area contributed by atoms with E-state index < -0.39 is 0 Å². The van der Waals surface area contributed by atoms with Gasteiger partial charge in [0.15, 0.2) is 5.96 Å². The summed E-state index contributed by atoms with van der Waals surface area (Å²) in [5.41, 5.74) is 2.42. The van der Waals surface area contributed by atoms with Crippen molar-refractivity contribution in [3.8, 4) is 0 Å². The van der Waals surface area contributed by atoms with Crippen LogP contribution in [0.4, 0.5) is 0 Å². The highest BCUT2D eigenvalue weighted by Gasteiger charge is 2.33. The number of guanidine groups is 1. The van der Waals surface area contributed by atoms with E-state index in [4.69, 9.17) is 4.74 Å². The minimum Gasteiger partial charge on any atom is -0.374 e. The van der Waals surface area contributed by atoms with Gasteiger partial charge in [0, 0.05) is 12.6 Å². The van der Waals surface area contributed by atoms with Crippen LogP contribution in [0.2, 0.25) is 0 Å². The van der Waals surface area contributed by atoms with Crippen LogP contribution in [0, 0.1) is 5.92 Å². The molecule has 1 aromatic carbocycles. The lowest BCUT2D eigenvalue weighted by molar-refractivity contribution is 0.0657. The second-order valence-corrected chi connectivity index (χ2v) is 6.34. The first kappa shape index (κ1) is 20.2. The number of aliphatic imine (C=N–C) groups is 1. The quantitative estimate of drug-likeness (QED) is 0.393. The summed E-state index contributed by atoms with van der Waals surface area (Å²) >= 11 is 0. The maximum absolute atomic E-state index is 5.61. The zero-order valence-electron chi connectivity index (χ0n) is 14.6. The van der Waals surface area contributed by atoms with Gasteiger partial charge in [0.25, 0.3) is 0 Å². The molecule has 1 fully saturated rings. The van der Waals surface area contributed by atoms with Crippen molar-refractivity contribution in [2.24, 2.45) is 10.9 Å². The molecule has 1 aliphatic carbocycles. The van der Waals surface area contributed by atoms with Gasteiger partial charge in [0.1, 0.15) is 0 Å². The van der Waals surface area contributed by atoms with Crippen LogP contribution in [0.5, 0.6) is 0 Å². The highest BCUT2D eigenvalue weighted by atomic mass is 127. The number of benzene rings is 1.